The first kappa shape index (κ1) is 21.9. The summed E-state index contributed by atoms with van der Waals surface area (Å²) >= 11 is 0. The molecule has 1 fully saturated rings. The van der Waals surface area contributed by atoms with E-state index in [4.69, 9.17) is 18.9 Å². The van der Waals surface area contributed by atoms with Crippen molar-refractivity contribution in [1.29, 1.82) is 0 Å². The number of nitrogens with one attached hydrogen (secondary N) is 1. The van der Waals surface area contributed by atoms with Crippen LogP contribution in [0, 0.1) is 0 Å². The van der Waals surface area contributed by atoms with Gasteiger partial charge in [0.15, 0.2) is 23.0 Å². The lowest BCUT2D eigenvalue weighted by Crippen LogP contribution is -2.54. The van der Waals surface area contributed by atoms with Gasteiger partial charge in [-0.05, 0) is 30.3 Å². The maximum Gasteiger partial charge on any atom is 0.270 e. The number of rotatable bonds is 5. The van der Waals surface area contributed by atoms with Crippen molar-refractivity contribution < 1.29 is 38.1 Å². The highest BCUT2D eigenvalue weighted by molar-refractivity contribution is 6.23. The Labute approximate surface area is 188 Å². The summed E-state index contributed by atoms with van der Waals surface area (Å²) in [7, 11) is 2.89. The summed E-state index contributed by atoms with van der Waals surface area (Å²) < 4.78 is 20.9. The molecule has 2 aromatic rings. The standard InChI is InChI=1S/C22H21N3O8/c1-12(26)25(23-21(28)13-4-6-16(30-2)18(8-13)31-3)15-10-20(27)24(22(15)29)14-5-7-17-19(9-14)33-11-32-17/h4-9,15H,10-11H2,1-3H3,(H,23,28). The molecule has 4 amide bonds. The molecule has 0 aromatic heterocycles. The number of fused-ring (bicyclic) bond motifs is 1. The molecule has 11 heteroatoms. The summed E-state index contributed by atoms with van der Waals surface area (Å²) in [6.07, 6.45) is -0.293. The van der Waals surface area contributed by atoms with Crippen LogP contribution >= 0.6 is 0 Å². The second kappa shape index (κ2) is 8.69. The van der Waals surface area contributed by atoms with Gasteiger partial charge >= 0.3 is 0 Å². The highest BCUT2D eigenvalue weighted by Crippen LogP contribution is 2.37. The van der Waals surface area contributed by atoms with Gasteiger partial charge in [0, 0.05) is 18.6 Å². The molecule has 1 unspecified atom stereocenters. The van der Waals surface area contributed by atoms with Crippen molar-refractivity contribution in [3.8, 4) is 23.0 Å². The van der Waals surface area contributed by atoms with Crippen LogP contribution in [0.3, 0.4) is 0 Å². The molecule has 2 heterocycles. The van der Waals surface area contributed by atoms with Gasteiger partial charge in [0.25, 0.3) is 11.8 Å². The van der Waals surface area contributed by atoms with E-state index in [9.17, 15) is 19.2 Å². The summed E-state index contributed by atoms with van der Waals surface area (Å²) in [5, 5.41) is 0.867. The first-order valence-corrected chi connectivity index (χ1v) is 9.93. The minimum Gasteiger partial charge on any atom is -0.493 e. The largest absolute Gasteiger partial charge is 0.493 e. The average molecular weight is 455 g/mol. The molecule has 1 atom stereocenters. The summed E-state index contributed by atoms with van der Waals surface area (Å²) in [6, 6.07) is 7.91. The van der Waals surface area contributed by atoms with Crippen LogP contribution in [-0.4, -0.2) is 55.7 Å². The number of nitrogens with zero attached hydrogens (tertiary/aromatic N) is 2. The van der Waals surface area contributed by atoms with Crippen molar-refractivity contribution in [2.45, 2.75) is 19.4 Å². The predicted molar refractivity (Wildman–Crippen MR) is 113 cm³/mol. The molecular weight excluding hydrogens is 434 g/mol. The molecule has 11 nitrogen and oxygen atoms in total. The molecule has 0 saturated carbocycles. The molecule has 0 radical (unpaired) electrons. The summed E-state index contributed by atoms with van der Waals surface area (Å²) in [4.78, 5) is 51.9. The van der Waals surface area contributed by atoms with Crippen LogP contribution < -0.4 is 29.3 Å². The van der Waals surface area contributed by atoms with E-state index in [2.05, 4.69) is 5.43 Å². The molecule has 0 spiro atoms. The topological polar surface area (TPSA) is 124 Å². The predicted octanol–water partition coefficient (Wildman–Crippen LogP) is 1.26. The van der Waals surface area contributed by atoms with E-state index in [0.717, 1.165) is 9.91 Å². The van der Waals surface area contributed by atoms with Gasteiger partial charge in [0.05, 0.1) is 26.3 Å². The van der Waals surface area contributed by atoms with Gasteiger partial charge < -0.3 is 18.9 Å². The number of anilines is 1. The Morgan fingerprint density at radius 3 is 2.45 bits per heavy atom. The first-order valence-electron chi connectivity index (χ1n) is 9.93. The summed E-state index contributed by atoms with van der Waals surface area (Å²) in [5.41, 5.74) is 2.89. The molecule has 4 rings (SSSR count). The quantitative estimate of drug-likeness (QED) is 0.528. The van der Waals surface area contributed by atoms with Gasteiger partial charge in [-0.3, -0.25) is 24.6 Å². The fraction of sp³-hybridized carbons (Fsp3) is 0.273. The minimum atomic E-state index is -1.20. The number of carbonyl (C=O) groups is 4. The number of benzene rings is 2. The Morgan fingerprint density at radius 1 is 1.03 bits per heavy atom. The smallest absolute Gasteiger partial charge is 0.270 e. The van der Waals surface area contributed by atoms with Crippen LogP contribution in [0.2, 0.25) is 0 Å². The second-order valence-electron chi connectivity index (χ2n) is 7.22. The molecule has 1 saturated heterocycles. The van der Waals surface area contributed by atoms with Gasteiger partial charge in [-0.15, -0.1) is 0 Å². The molecule has 2 aromatic carbocycles. The minimum absolute atomic E-state index is 0.0452. The SMILES string of the molecule is COc1ccc(C(=O)NN(C(C)=O)C2CC(=O)N(c3ccc4c(c3)OCO4)C2=O)cc1OC. The van der Waals surface area contributed by atoms with E-state index in [0.29, 0.717) is 23.0 Å². The van der Waals surface area contributed by atoms with Gasteiger partial charge in [0.2, 0.25) is 18.6 Å². The molecular formula is C22H21N3O8. The lowest BCUT2D eigenvalue weighted by Gasteiger charge is -2.26. The number of hydrogen-bond donors (Lipinski definition) is 1. The van der Waals surface area contributed by atoms with Gasteiger partial charge in [0.1, 0.15) is 6.04 Å². The maximum absolute atomic E-state index is 13.1. The number of hydrazine groups is 1. The monoisotopic (exact) mass is 455 g/mol. The highest BCUT2D eigenvalue weighted by Gasteiger charge is 2.45. The molecule has 0 bridgehead atoms. The third-order valence-electron chi connectivity index (χ3n) is 5.26. The Hall–Kier alpha value is -4.28. The number of carbonyl (C=O) groups excluding carboxylic acids is 4. The lowest BCUT2D eigenvalue weighted by molar-refractivity contribution is -0.139. The lowest BCUT2D eigenvalue weighted by atomic mass is 10.2. The zero-order chi connectivity index (χ0) is 23.7. The van der Waals surface area contributed by atoms with Crippen LogP contribution in [0.25, 0.3) is 0 Å². The molecule has 2 aliphatic heterocycles. The van der Waals surface area contributed by atoms with Gasteiger partial charge in [-0.25, -0.2) is 9.91 Å². The zero-order valence-electron chi connectivity index (χ0n) is 18.1. The number of imide groups is 1. The van der Waals surface area contributed by atoms with Gasteiger partial charge in [-0.1, -0.05) is 0 Å². The third-order valence-corrected chi connectivity index (χ3v) is 5.26. The first-order chi connectivity index (χ1) is 15.8. The number of methoxy groups -OCH3 is 2. The molecule has 172 valence electrons. The Balaban J connectivity index is 1.56. The molecule has 2 aliphatic rings. The average Bonchev–Trinajstić information content (AvgIpc) is 3.39. The Kier molecular flexibility index (Phi) is 5.78. The molecule has 0 aliphatic carbocycles. The van der Waals surface area contributed by atoms with Crippen LogP contribution in [0.4, 0.5) is 5.69 Å². The van der Waals surface area contributed by atoms with Crippen molar-refractivity contribution in [2.24, 2.45) is 0 Å². The number of hydrogen-bond acceptors (Lipinski definition) is 8. The van der Waals surface area contributed by atoms with E-state index in [1.54, 1.807) is 12.1 Å². The Morgan fingerprint density at radius 2 is 1.76 bits per heavy atom. The fourth-order valence-corrected chi connectivity index (χ4v) is 3.64. The van der Waals surface area contributed by atoms with Crippen LogP contribution in [0.5, 0.6) is 23.0 Å². The second-order valence-corrected chi connectivity index (χ2v) is 7.22. The fourth-order valence-electron chi connectivity index (χ4n) is 3.64. The van der Waals surface area contributed by atoms with Crippen molar-refractivity contribution in [3.63, 3.8) is 0 Å². The van der Waals surface area contributed by atoms with E-state index in [1.165, 1.54) is 45.4 Å². The normalized spacial score (nSPS) is 16.6. The van der Waals surface area contributed by atoms with E-state index in [-0.39, 0.29) is 24.5 Å². The van der Waals surface area contributed by atoms with Crippen molar-refractivity contribution >= 4 is 29.3 Å². The van der Waals surface area contributed by atoms with Crippen LogP contribution in [-0.2, 0) is 14.4 Å². The Bertz CT molecular complexity index is 1150. The molecule has 1 N–H and O–H groups in total. The van der Waals surface area contributed by atoms with Gasteiger partial charge in [-0.2, -0.15) is 0 Å². The van der Waals surface area contributed by atoms with E-state index < -0.39 is 29.7 Å². The zero-order valence-corrected chi connectivity index (χ0v) is 18.1. The van der Waals surface area contributed by atoms with Crippen molar-refractivity contribution in [3.05, 3.63) is 42.0 Å². The highest BCUT2D eigenvalue weighted by atomic mass is 16.7. The third kappa shape index (κ3) is 4.00. The van der Waals surface area contributed by atoms with Crippen LogP contribution in [0.15, 0.2) is 36.4 Å². The number of amides is 4. The molecule has 33 heavy (non-hydrogen) atoms. The summed E-state index contributed by atoms with van der Waals surface area (Å²) in [6.45, 7) is 1.24. The van der Waals surface area contributed by atoms with E-state index >= 15 is 0 Å². The van der Waals surface area contributed by atoms with E-state index in [1.807, 2.05) is 0 Å². The van der Waals surface area contributed by atoms with Crippen LogP contribution in [0.1, 0.15) is 23.7 Å². The summed E-state index contributed by atoms with van der Waals surface area (Å²) in [5.74, 6) is -0.787. The maximum atomic E-state index is 13.1. The number of ether oxygens (including phenoxy) is 4. The van der Waals surface area contributed by atoms with Crippen molar-refractivity contribution in [2.75, 3.05) is 25.9 Å². The van der Waals surface area contributed by atoms with Crippen molar-refractivity contribution in [1.82, 2.24) is 10.4 Å².